The van der Waals surface area contributed by atoms with Gasteiger partial charge in [-0.2, -0.15) is 0 Å². The Balaban J connectivity index is 1.80. The Morgan fingerprint density at radius 1 is 1.20 bits per heavy atom. The number of nitrogens with one attached hydrogen (secondary N) is 1. The third-order valence-electron chi connectivity index (χ3n) is 3.59. The molecule has 0 spiro atoms. The fraction of sp³-hybridized carbons (Fsp3) is 0.286. The van der Waals surface area contributed by atoms with Crippen molar-refractivity contribution in [2.45, 2.75) is 12.2 Å². The molecular weight excluding hydrogens is 262 g/mol. The van der Waals surface area contributed by atoms with Crippen LogP contribution in [0.25, 0.3) is 0 Å². The van der Waals surface area contributed by atoms with Gasteiger partial charge in [0.2, 0.25) is 5.91 Å². The van der Waals surface area contributed by atoms with Crippen molar-refractivity contribution in [1.82, 2.24) is 0 Å². The van der Waals surface area contributed by atoms with Crippen LogP contribution in [0.15, 0.2) is 36.4 Å². The van der Waals surface area contributed by atoms with Crippen molar-refractivity contribution >= 4 is 17.6 Å². The molecule has 104 valence electrons. The molecule has 1 fully saturated rings. The number of fused-ring (bicyclic) bond motifs is 2. The summed E-state index contributed by atoms with van der Waals surface area (Å²) in [6.07, 6.45) is 2.19. The Bertz CT molecular complexity index is 597. The van der Waals surface area contributed by atoms with Crippen LogP contribution in [0.4, 0.5) is 5.69 Å². The molecular formula is C14H12NO5-. The second kappa shape index (κ2) is 4.64. The molecule has 0 aliphatic carbocycles. The number of rotatable bonds is 3. The topological polar surface area (TPSA) is 98.7 Å². The summed E-state index contributed by atoms with van der Waals surface area (Å²) in [5.41, 5.74) is 0.402. The molecule has 0 radical (unpaired) electrons. The number of amides is 1. The molecule has 6 nitrogen and oxygen atoms in total. The zero-order chi connectivity index (χ0) is 14.3. The van der Waals surface area contributed by atoms with Crippen LogP contribution in [0.3, 0.4) is 0 Å². The Kier molecular flexibility index (Phi) is 2.94. The van der Waals surface area contributed by atoms with E-state index in [0.717, 1.165) is 0 Å². The van der Waals surface area contributed by atoms with Crippen LogP contribution in [0.5, 0.6) is 5.75 Å². The van der Waals surface area contributed by atoms with E-state index in [4.69, 9.17) is 4.74 Å². The molecule has 20 heavy (non-hydrogen) atoms. The number of hydrogen-bond donors (Lipinski definition) is 2. The minimum atomic E-state index is -1.29. The van der Waals surface area contributed by atoms with Crippen molar-refractivity contribution in [2.24, 2.45) is 11.8 Å². The van der Waals surface area contributed by atoms with E-state index in [2.05, 4.69) is 5.32 Å². The third-order valence-corrected chi connectivity index (χ3v) is 3.59. The number of anilines is 1. The molecule has 2 aliphatic heterocycles. The molecule has 4 atom stereocenters. The Morgan fingerprint density at radius 2 is 1.90 bits per heavy atom. The van der Waals surface area contributed by atoms with E-state index in [1.807, 2.05) is 0 Å². The van der Waals surface area contributed by atoms with Gasteiger partial charge in [-0.3, -0.25) is 4.79 Å². The third kappa shape index (κ3) is 2.04. The van der Waals surface area contributed by atoms with E-state index < -0.39 is 35.9 Å². The predicted molar refractivity (Wildman–Crippen MR) is 66.5 cm³/mol. The van der Waals surface area contributed by atoms with E-state index in [1.165, 1.54) is 12.1 Å². The highest BCUT2D eigenvalue weighted by molar-refractivity contribution is 5.96. The predicted octanol–water partition coefficient (Wildman–Crippen LogP) is -0.350. The van der Waals surface area contributed by atoms with Crippen LogP contribution in [-0.2, 0) is 14.3 Å². The quantitative estimate of drug-likeness (QED) is 0.734. The Morgan fingerprint density at radius 3 is 2.55 bits per heavy atom. The lowest BCUT2D eigenvalue weighted by Gasteiger charge is -2.24. The lowest BCUT2D eigenvalue weighted by molar-refractivity contribution is -0.313. The molecule has 1 amide bonds. The van der Waals surface area contributed by atoms with Crippen LogP contribution in [0.2, 0.25) is 0 Å². The van der Waals surface area contributed by atoms with Gasteiger partial charge in [-0.05, 0) is 12.1 Å². The van der Waals surface area contributed by atoms with E-state index in [0.29, 0.717) is 5.69 Å². The van der Waals surface area contributed by atoms with Crippen molar-refractivity contribution in [3.63, 3.8) is 0 Å². The molecule has 0 saturated carbocycles. The summed E-state index contributed by atoms with van der Waals surface area (Å²) in [7, 11) is 0. The summed E-state index contributed by atoms with van der Waals surface area (Å²) in [5.74, 6) is -3.54. The zero-order valence-corrected chi connectivity index (χ0v) is 10.4. The van der Waals surface area contributed by atoms with Gasteiger partial charge in [0.1, 0.15) is 5.75 Å². The highest BCUT2D eigenvalue weighted by Gasteiger charge is 2.50. The number of phenolic OH excluding ortho intramolecular Hbond substituents is 1. The van der Waals surface area contributed by atoms with E-state index in [1.54, 1.807) is 24.3 Å². The molecule has 2 aliphatic rings. The first kappa shape index (κ1) is 12.7. The van der Waals surface area contributed by atoms with Crippen molar-refractivity contribution in [3.8, 4) is 5.75 Å². The van der Waals surface area contributed by atoms with Crippen LogP contribution >= 0.6 is 0 Å². The van der Waals surface area contributed by atoms with E-state index in [-0.39, 0.29) is 5.75 Å². The van der Waals surface area contributed by atoms with Crippen LogP contribution < -0.4 is 10.4 Å². The maximum Gasteiger partial charge on any atom is 0.231 e. The number of benzene rings is 1. The normalized spacial score (nSPS) is 30.4. The monoisotopic (exact) mass is 274 g/mol. The second-order valence-electron chi connectivity index (χ2n) is 4.86. The van der Waals surface area contributed by atoms with Gasteiger partial charge in [0.15, 0.2) is 0 Å². The molecule has 2 bridgehead atoms. The molecule has 6 heteroatoms. The largest absolute Gasteiger partial charge is 0.550 e. The average molecular weight is 274 g/mol. The van der Waals surface area contributed by atoms with Crippen molar-refractivity contribution in [3.05, 3.63) is 36.4 Å². The summed E-state index contributed by atoms with van der Waals surface area (Å²) in [4.78, 5) is 23.4. The summed E-state index contributed by atoms with van der Waals surface area (Å²) in [6, 6.07) is 6.05. The summed E-state index contributed by atoms with van der Waals surface area (Å²) in [6.45, 7) is 0. The van der Waals surface area contributed by atoms with Gasteiger partial charge in [0.05, 0.1) is 18.1 Å². The molecule has 0 aromatic heterocycles. The minimum Gasteiger partial charge on any atom is -0.550 e. The first-order chi connectivity index (χ1) is 9.56. The lowest BCUT2D eigenvalue weighted by atomic mass is 9.82. The molecule has 1 aromatic rings. The summed E-state index contributed by atoms with van der Waals surface area (Å²) >= 11 is 0. The highest BCUT2D eigenvalue weighted by Crippen LogP contribution is 2.39. The minimum absolute atomic E-state index is 0.0170. The summed E-state index contributed by atoms with van der Waals surface area (Å²) < 4.78 is 5.40. The number of carbonyl (C=O) groups is 2. The maximum atomic E-state index is 12.2. The van der Waals surface area contributed by atoms with Gasteiger partial charge in [-0.1, -0.05) is 18.2 Å². The average Bonchev–Trinajstić information content (AvgIpc) is 2.98. The number of carboxylic acids is 1. The molecule has 1 aromatic carbocycles. The molecule has 1 saturated heterocycles. The van der Waals surface area contributed by atoms with Gasteiger partial charge in [0.25, 0.3) is 0 Å². The van der Waals surface area contributed by atoms with Gasteiger partial charge in [-0.15, -0.1) is 0 Å². The van der Waals surface area contributed by atoms with Crippen LogP contribution in [0.1, 0.15) is 0 Å². The first-order valence-corrected chi connectivity index (χ1v) is 6.21. The van der Waals surface area contributed by atoms with Crippen LogP contribution in [0, 0.1) is 11.8 Å². The Labute approximate surface area is 114 Å². The van der Waals surface area contributed by atoms with Gasteiger partial charge in [0, 0.05) is 23.6 Å². The van der Waals surface area contributed by atoms with Crippen molar-refractivity contribution in [1.29, 1.82) is 0 Å². The van der Waals surface area contributed by atoms with Gasteiger partial charge < -0.3 is 25.1 Å². The van der Waals surface area contributed by atoms with Gasteiger partial charge >= 0.3 is 0 Å². The smallest absolute Gasteiger partial charge is 0.231 e. The molecule has 2 N–H and O–H groups in total. The number of hydrogen-bond acceptors (Lipinski definition) is 5. The van der Waals surface area contributed by atoms with Gasteiger partial charge in [-0.25, -0.2) is 0 Å². The lowest BCUT2D eigenvalue weighted by Crippen LogP contribution is -2.45. The Hall–Kier alpha value is -2.34. The highest BCUT2D eigenvalue weighted by atomic mass is 16.5. The van der Waals surface area contributed by atoms with Crippen LogP contribution in [-0.4, -0.2) is 29.2 Å². The second-order valence-corrected chi connectivity index (χ2v) is 4.86. The number of phenols is 1. The number of aromatic hydroxyl groups is 1. The van der Waals surface area contributed by atoms with Crippen molar-refractivity contribution < 1.29 is 24.5 Å². The maximum absolute atomic E-state index is 12.2. The molecule has 0 unspecified atom stereocenters. The summed E-state index contributed by atoms with van der Waals surface area (Å²) in [5, 5.41) is 23.1. The SMILES string of the molecule is O=C(Nc1cccc(O)c1)[C@@H]1[C@@H](C(=O)[O-])[C@H]2C=C[C@@H]1O2. The van der Waals surface area contributed by atoms with E-state index in [9.17, 15) is 19.8 Å². The van der Waals surface area contributed by atoms with E-state index >= 15 is 0 Å². The standard InChI is InChI=1S/C14H13NO5/c16-8-3-1-2-7(6-8)15-13(17)11-9-4-5-10(20-9)12(11)14(18)19/h1-6,9-12,16H,(H,15,17)(H,18,19)/p-1/t9-,10+,11-,12-/m0/s1. The number of carbonyl (C=O) groups excluding carboxylic acids is 2. The molecule has 3 rings (SSSR count). The fourth-order valence-corrected chi connectivity index (χ4v) is 2.71. The number of carboxylic acid groups (broad SMARTS) is 1. The number of aliphatic carboxylic acids is 1. The number of ether oxygens (including phenoxy) is 1. The van der Waals surface area contributed by atoms with Crippen molar-refractivity contribution in [2.75, 3.05) is 5.32 Å². The zero-order valence-electron chi connectivity index (χ0n) is 10.4. The molecule has 2 heterocycles. The first-order valence-electron chi connectivity index (χ1n) is 6.21. The fourth-order valence-electron chi connectivity index (χ4n) is 2.71.